The van der Waals surface area contributed by atoms with Crippen LogP contribution in [0.1, 0.15) is 35.1 Å². The second-order valence-corrected chi connectivity index (χ2v) is 9.93. The Balaban J connectivity index is 1.47. The zero-order valence-corrected chi connectivity index (χ0v) is 22.3. The first kappa shape index (κ1) is 28.1. The zero-order chi connectivity index (χ0) is 29.2. The molecule has 0 saturated carbocycles. The van der Waals surface area contributed by atoms with Crippen LogP contribution in [0.4, 0.5) is 13.2 Å². The summed E-state index contributed by atoms with van der Waals surface area (Å²) in [6, 6.07) is 15.8. The molecule has 8 nitrogen and oxygen atoms in total. The first-order valence-electron chi connectivity index (χ1n) is 13.1. The zero-order valence-electron chi connectivity index (χ0n) is 22.3. The van der Waals surface area contributed by atoms with Gasteiger partial charge in [-0.25, -0.2) is 9.78 Å². The predicted octanol–water partition coefficient (Wildman–Crippen LogP) is 4.60. The van der Waals surface area contributed by atoms with Crippen LogP contribution in [0.3, 0.4) is 0 Å². The molecule has 1 atom stereocenters. The van der Waals surface area contributed by atoms with E-state index in [1.165, 1.54) is 35.4 Å². The number of nitriles is 1. The van der Waals surface area contributed by atoms with Gasteiger partial charge >= 0.3 is 12.1 Å². The molecule has 212 valence electrons. The highest BCUT2D eigenvalue weighted by Crippen LogP contribution is 2.44. The predicted molar refractivity (Wildman–Crippen MR) is 145 cm³/mol. The van der Waals surface area contributed by atoms with E-state index in [0.29, 0.717) is 29.1 Å². The topological polar surface area (TPSA) is 96.3 Å². The summed E-state index contributed by atoms with van der Waals surface area (Å²) >= 11 is 0. The molecule has 11 heteroatoms. The van der Waals surface area contributed by atoms with E-state index >= 15 is 0 Å². The molecule has 0 fully saturated rings. The normalized spacial score (nSPS) is 15.5. The maximum Gasteiger partial charge on any atom is 0.422 e. The first-order chi connectivity index (χ1) is 19.6. The Morgan fingerprint density at radius 3 is 2.66 bits per heavy atom. The van der Waals surface area contributed by atoms with Crippen LogP contribution in [-0.4, -0.2) is 56.0 Å². The van der Waals surface area contributed by atoms with Gasteiger partial charge in [-0.05, 0) is 30.7 Å². The number of halogens is 3. The molecule has 5 rings (SSSR count). The summed E-state index contributed by atoms with van der Waals surface area (Å²) in [5, 5.41) is 21.1. The van der Waals surface area contributed by atoms with Gasteiger partial charge in [-0.15, -0.1) is 0 Å². The molecule has 1 N–H and O–H groups in total. The maximum atomic E-state index is 14.8. The van der Waals surface area contributed by atoms with Gasteiger partial charge in [0, 0.05) is 55.6 Å². The van der Waals surface area contributed by atoms with Crippen molar-refractivity contribution < 1.29 is 27.8 Å². The highest BCUT2D eigenvalue weighted by molar-refractivity contribution is 5.87. The smallest absolute Gasteiger partial charge is 0.422 e. The van der Waals surface area contributed by atoms with Gasteiger partial charge in [0.15, 0.2) is 0 Å². The van der Waals surface area contributed by atoms with E-state index in [4.69, 9.17) is 4.74 Å². The Kier molecular flexibility index (Phi) is 7.71. The van der Waals surface area contributed by atoms with Crippen LogP contribution in [0.15, 0.2) is 67.0 Å². The van der Waals surface area contributed by atoms with Crippen LogP contribution in [0.5, 0.6) is 0 Å². The quantitative estimate of drug-likeness (QED) is 0.249. The third-order valence-corrected chi connectivity index (χ3v) is 7.15. The summed E-state index contributed by atoms with van der Waals surface area (Å²) in [7, 11) is 0. The largest absolute Gasteiger partial charge is 0.463 e. The first-order valence-corrected chi connectivity index (χ1v) is 13.1. The van der Waals surface area contributed by atoms with E-state index in [1.807, 2.05) is 41.0 Å². The molecule has 2 aromatic carbocycles. The Hall–Kier alpha value is -4.40. The molecule has 1 unspecified atom stereocenters. The van der Waals surface area contributed by atoms with E-state index in [2.05, 4.69) is 4.98 Å². The van der Waals surface area contributed by atoms with Crippen LogP contribution in [0, 0.1) is 11.3 Å². The van der Waals surface area contributed by atoms with Gasteiger partial charge in [-0.1, -0.05) is 36.4 Å². The van der Waals surface area contributed by atoms with E-state index in [1.54, 1.807) is 23.8 Å². The van der Waals surface area contributed by atoms with Crippen molar-refractivity contribution in [3.05, 3.63) is 95.2 Å². The number of esters is 1. The average Bonchev–Trinajstić information content (AvgIpc) is 3.52. The van der Waals surface area contributed by atoms with Crippen molar-refractivity contribution >= 4 is 22.9 Å². The van der Waals surface area contributed by atoms with E-state index < -0.39 is 24.3 Å². The molecule has 0 bridgehead atoms. The Labute approximate surface area is 234 Å². The van der Waals surface area contributed by atoms with Crippen LogP contribution >= 0.6 is 0 Å². The highest BCUT2D eigenvalue weighted by Gasteiger charge is 2.57. The Morgan fingerprint density at radius 2 is 1.95 bits per heavy atom. The van der Waals surface area contributed by atoms with E-state index in [-0.39, 0.29) is 37.2 Å². The number of alkyl halides is 3. The molecule has 0 spiro atoms. The average molecular weight is 564 g/mol. The number of fused-ring (bicyclic) bond motifs is 2. The summed E-state index contributed by atoms with van der Waals surface area (Å²) in [5.74, 6) is 0.0121. The Bertz CT molecular complexity index is 1630. The van der Waals surface area contributed by atoms with Gasteiger partial charge < -0.3 is 19.0 Å². The molecule has 0 radical (unpaired) electrons. The standard InChI is InChI=1S/C30H28F3N5O3/c1-2-41-28(39)11-9-23-17-37-13-12-36(19-27(37)35-23)20-29(40,30(31,32)33)25-18-38(16-21-6-4-3-5-7-21)26-14-22(15-34)8-10-24(25)26/h3-11,14,17-18,40H,2,12-13,16,19-20H2,1H3/b11-9+. The fraction of sp³-hybridized carbons (Fsp3) is 0.300. The number of carbonyl (C=O) groups excluding carboxylic acids is 1. The molecule has 2 aromatic heterocycles. The number of ether oxygens (including phenoxy) is 1. The summed E-state index contributed by atoms with van der Waals surface area (Å²) in [5.41, 5.74) is -1.38. The molecular formula is C30H28F3N5O3. The second-order valence-electron chi connectivity index (χ2n) is 9.93. The minimum Gasteiger partial charge on any atom is -0.463 e. The highest BCUT2D eigenvalue weighted by atomic mass is 19.4. The molecule has 0 amide bonds. The van der Waals surface area contributed by atoms with Crippen molar-refractivity contribution in [1.82, 2.24) is 19.0 Å². The molecular weight excluding hydrogens is 535 g/mol. The summed E-state index contributed by atoms with van der Waals surface area (Å²) in [6.45, 7) is 2.19. The molecule has 0 aliphatic carbocycles. The second kappa shape index (κ2) is 11.2. The summed E-state index contributed by atoms with van der Waals surface area (Å²) in [4.78, 5) is 17.6. The van der Waals surface area contributed by atoms with Crippen molar-refractivity contribution in [1.29, 1.82) is 5.26 Å². The molecule has 41 heavy (non-hydrogen) atoms. The minimum absolute atomic E-state index is 0.0763. The number of imidazole rings is 1. The number of hydrogen-bond donors (Lipinski definition) is 1. The van der Waals surface area contributed by atoms with Gasteiger partial charge in [-0.3, -0.25) is 4.90 Å². The van der Waals surface area contributed by atoms with Crippen LogP contribution in [-0.2, 0) is 34.8 Å². The van der Waals surface area contributed by atoms with Crippen molar-refractivity contribution in [2.75, 3.05) is 19.7 Å². The van der Waals surface area contributed by atoms with Crippen molar-refractivity contribution in [2.24, 2.45) is 0 Å². The lowest BCUT2D eigenvalue weighted by atomic mass is 9.91. The third-order valence-electron chi connectivity index (χ3n) is 7.15. The SMILES string of the molecule is CCOC(=O)/C=C/c1cn2c(n1)CN(CC(O)(c1cn(Cc3ccccc3)c3cc(C#N)ccc13)C(F)(F)F)CC2. The van der Waals surface area contributed by atoms with Crippen molar-refractivity contribution in [3.63, 3.8) is 0 Å². The molecule has 4 aromatic rings. The maximum absolute atomic E-state index is 14.8. The van der Waals surface area contributed by atoms with Gasteiger partial charge in [0.25, 0.3) is 0 Å². The molecule has 3 heterocycles. The number of nitrogens with zero attached hydrogens (tertiary/aromatic N) is 5. The van der Waals surface area contributed by atoms with Crippen molar-refractivity contribution in [2.45, 2.75) is 38.3 Å². The van der Waals surface area contributed by atoms with Crippen LogP contribution in [0.25, 0.3) is 17.0 Å². The number of aromatic nitrogens is 3. The fourth-order valence-corrected chi connectivity index (χ4v) is 5.14. The molecule has 0 saturated heterocycles. The van der Waals surface area contributed by atoms with E-state index in [9.17, 15) is 28.3 Å². The number of β-amino-alcohol motifs (C(OH)–C–C–N with tert-alkyl or cyclic N) is 1. The Morgan fingerprint density at radius 1 is 1.17 bits per heavy atom. The molecule has 1 aliphatic heterocycles. The third kappa shape index (κ3) is 5.75. The van der Waals surface area contributed by atoms with Gasteiger partial charge in [-0.2, -0.15) is 18.4 Å². The van der Waals surface area contributed by atoms with Crippen LogP contribution < -0.4 is 0 Å². The lowest BCUT2D eigenvalue weighted by Crippen LogP contribution is -2.52. The van der Waals surface area contributed by atoms with Gasteiger partial charge in [0.1, 0.15) is 5.82 Å². The minimum atomic E-state index is -4.99. The number of benzene rings is 2. The monoisotopic (exact) mass is 563 g/mol. The molecule has 1 aliphatic rings. The van der Waals surface area contributed by atoms with Crippen molar-refractivity contribution in [3.8, 4) is 6.07 Å². The number of rotatable bonds is 8. The van der Waals surface area contributed by atoms with Gasteiger partial charge in [0.05, 0.1) is 36.0 Å². The lowest BCUT2D eigenvalue weighted by molar-refractivity contribution is -0.272. The number of aliphatic hydroxyl groups is 1. The number of carbonyl (C=O) groups is 1. The van der Waals surface area contributed by atoms with Gasteiger partial charge in [0.2, 0.25) is 5.60 Å². The summed E-state index contributed by atoms with van der Waals surface area (Å²) < 4.78 is 52.7. The summed E-state index contributed by atoms with van der Waals surface area (Å²) in [6.07, 6.45) is 0.822. The van der Waals surface area contributed by atoms with E-state index in [0.717, 1.165) is 5.56 Å². The lowest BCUT2D eigenvalue weighted by Gasteiger charge is -2.37. The number of hydrogen-bond acceptors (Lipinski definition) is 6. The van der Waals surface area contributed by atoms with Crippen LogP contribution in [0.2, 0.25) is 0 Å². The fourth-order valence-electron chi connectivity index (χ4n) is 5.14.